The topological polar surface area (TPSA) is 75.4 Å². The lowest BCUT2D eigenvalue weighted by atomic mass is 9.78. The summed E-state index contributed by atoms with van der Waals surface area (Å²) in [7, 11) is -3.35. The molecule has 0 spiro atoms. The average molecular weight is 309 g/mol. The van der Waals surface area contributed by atoms with E-state index in [-0.39, 0.29) is 0 Å². The fraction of sp³-hybridized carbons (Fsp3) is 0.600. The SMILES string of the molecule is NCC1CCN(S(=O)(=O)NCC2Cc3ccccc32)CC1. The minimum absolute atomic E-state index is 0.317. The first-order chi connectivity index (χ1) is 10.1. The highest BCUT2D eigenvalue weighted by atomic mass is 32.2. The molecular formula is C15H23N3O2S. The molecular weight excluding hydrogens is 286 g/mol. The summed E-state index contributed by atoms with van der Waals surface area (Å²) in [6, 6.07) is 8.24. The molecule has 116 valence electrons. The highest BCUT2D eigenvalue weighted by molar-refractivity contribution is 7.87. The van der Waals surface area contributed by atoms with Gasteiger partial charge in [-0.1, -0.05) is 24.3 Å². The minimum Gasteiger partial charge on any atom is -0.330 e. The molecule has 0 bridgehead atoms. The maximum Gasteiger partial charge on any atom is 0.279 e. The molecule has 3 N–H and O–H groups in total. The van der Waals surface area contributed by atoms with Crippen molar-refractivity contribution in [3.63, 3.8) is 0 Å². The maximum absolute atomic E-state index is 12.3. The Balaban J connectivity index is 1.53. The number of hydrogen-bond donors (Lipinski definition) is 2. The van der Waals surface area contributed by atoms with E-state index in [9.17, 15) is 8.42 Å². The molecule has 0 aromatic heterocycles. The molecule has 3 rings (SSSR count). The van der Waals surface area contributed by atoms with Gasteiger partial charge in [0.05, 0.1) is 0 Å². The first-order valence-corrected chi connectivity index (χ1v) is 9.07. The predicted octanol–water partition coefficient (Wildman–Crippen LogP) is 0.831. The average Bonchev–Trinajstić information content (AvgIpc) is 2.48. The van der Waals surface area contributed by atoms with Gasteiger partial charge in [0, 0.05) is 25.6 Å². The molecule has 0 saturated carbocycles. The van der Waals surface area contributed by atoms with Crippen LogP contribution in [0.4, 0.5) is 0 Å². The van der Waals surface area contributed by atoms with Crippen LogP contribution in [0.15, 0.2) is 24.3 Å². The fourth-order valence-corrected chi connectivity index (χ4v) is 4.51. The van der Waals surface area contributed by atoms with Gasteiger partial charge >= 0.3 is 0 Å². The number of hydrogen-bond acceptors (Lipinski definition) is 3. The van der Waals surface area contributed by atoms with Crippen molar-refractivity contribution < 1.29 is 8.42 Å². The van der Waals surface area contributed by atoms with E-state index in [1.807, 2.05) is 12.1 Å². The van der Waals surface area contributed by atoms with Crippen LogP contribution < -0.4 is 10.5 Å². The monoisotopic (exact) mass is 309 g/mol. The Morgan fingerprint density at radius 2 is 1.95 bits per heavy atom. The van der Waals surface area contributed by atoms with Crippen LogP contribution in [0, 0.1) is 5.92 Å². The van der Waals surface area contributed by atoms with E-state index in [4.69, 9.17) is 5.73 Å². The lowest BCUT2D eigenvalue weighted by molar-refractivity contribution is 0.275. The van der Waals surface area contributed by atoms with Gasteiger partial charge in [-0.2, -0.15) is 12.7 Å². The molecule has 21 heavy (non-hydrogen) atoms. The summed E-state index contributed by atoms with van der Waals surface area (Å²) in [5, 5.41) is 0. The van der Waals surface area contributed by atoms with Gasteiger partial charge < -0.3 is 5.73 Å². The summed E-state index contributed by atoms with van der Waals surface area (Å²) < 4.78 is 29.0. The quantitative estimate of drug-likeness (QED) is 0.846. The van der Waals surface area contributed by atoms with Gasteiger partial charge in [-0.25, -0.2) is 4.72 Å². The Labute approximate surface area is 126 Å². The number of nitrogens with zero attached hydrogens (tertiary/aromatic N) is 1. The molecule has 1 saturated heterocycles. The third-order valence-electron chi connectivity index (χ3n) is 4.72. The van der Waals surface area contributed by atoms with Crippen LogP contribution >= 0.6 is 0 Å². The number of fused-ring (bicyclic) bond motifs is 1. The van der Waals surface area contributed by atoms with Crippen molar-refractivity contribution in [3.05, 3.63) is 35.4 Å². The lowest BCUT2D eigenvalue weighted by Gasteiger charge is -2.33. The first kappa shape index (κ1) is 15.0. The number of nitrogens with two attached hydrogens (primary N) is 1. The molecule has 0 amide bonds. The Morgan fingerprint density at radius 1 is 1.24 bits per heavy atom. The Morgan fingerprint density at radius 3 is 2.62 bits per heavy atom. The first-order valence-electron chi connectivity index (χ1n) is 7.63. The molecule has 1 aliphatic carbocycles. The van der Waals surface area contributed by atoms with Crippen molar-refractivity contribution in [1.82, 2.24) is 9.03 Å². The second-order valence-electron chi connectivity index (χ2n) is 6.03. The van der Waals surface area contributed by atoms with Gasteiger partial charge in [0.2, 0.25) is 0 Å². The summed E-state index contributed by atoms with van der Waals surface area (Å²) in [5.74, 6) is 0.785. The molecule has 1 unspecified atom stereocenters. The Hall–Kier alpha value is -0.950. The third-order valence-corrected chi connectivity index (χ3v) is 6.30. The third kappa shape index (κ3) is 3.13. The van der Waals surface area contributed by atoms with Gasteiger partial charge in [0.15, 0.2) is 0 Å². The largest absolute Gasteiger partial charge is 0.330 e. The number of piperidine rings is 1. The zero-order valence-corrected chi connectivity index (χ0v) is 13.0. The van der Waals surface area contributed by atoms with E-state index in [1.165, 1.54) is 11.1 Å². The van der Waals surface area contributed by atoms with Crippen molar-refractivity contribution in [2.24, 2.45) is 11.7 Å². The van der Waals surface area contributed by atoms with Gasteiger partial charge in [0.1, 0.15) is 0 Å². The zero-order valence-electron chi connectivity index (χ0n) is 12.2. The lowest BCUT2D eigenvalue weighted by Crippen LogP contribution is -2.47. The summed E-state index contributed by atoms with van der Waals surface area (Å²) in [6.45, 7) is 2.31. The van der Waals surface area contributed by atoms with Crippen molar-refractivity contribution in [2.45, 2.75) is 25.2 Å². The normalized spacial score (nSPS) is 23.6. The fourth-order valence-electron chi connectivity index (χ4n) is 3.23. The summed E-state index contributed by atoms with van der Waals surface area (Å²) in [4.78, 5) is 0. The second kappa shape index (κ2) is 6.04. The van der Waals surface area contributed by atoms with Crippen LogP contribution in [-0.4, -0.2) is 38.9 Å². The molecule has 6 heteroatoms. The van der Waals surface area contributed by atoms with Gasteiger partial charge in [-0.05, 0) is 42.9 Å². The van der Waals surface area contributed by atoms with Crippen molar-refractivity contribution in [3.8, 4) is 0 Å². The molecule has 0 radical (unpaired) electrons. The van der Waals surface area contributed by atoms with E-state index < -0.39 is 10.2 Å². The van der Waals surface area contributed by atoms with Crippen molar-refractivity contribution in [1.29, 1.82) is 0 Å². The molecule has 1 atom stereocenters. The van der Waals surface area contributed by atoms with E-state index in [1.54, 1.807) is 4.31 Å². The van der Waals surface area contributed by atoms with E-state index >= 15 is 0 Å². The van der Waals surface area contributed by atoms with Gasteiger partial charge in [-0.15, -0.1) is 0 Å². The van der Waals surface area contributed by atoms with Gasteiger partial charge in [0.25, 0.3) is 10.2 Å². The maximum atomic E-state index is 12.3. The Kier molecular flexibility index (Phi) is 4.31. The molecule has 1 aromatic rings. The summed E-state index contributed by atoms with van der Waals surface area (Å²) in [5.41, 5.74) is 8.26. The summed E-state index contributed by atoms with van der Waals surface area (Å²) in [6.07, 6.45) is 2.70. The highest BCUT2D eigenvalue weighted by Crippen LogP contribution is 2.34. The number of nitrogens with one attached hydrogen (secondary N) is 1. The highest BCUT2D eigenvalue weighted by Gasteiger charge is 2.30. The van der Waals surface area contributed by atoms with Crippen LogP contribution in [0.25, 0.3) is 0 Å². The smallest absolute Gasteiger partial charge is 0.279 e. The zero-order chi connectivity index (χ0) is 14.9. The summed E-state index contributed by atoms with van der Waals surface area (Å²) >= 11 is 0. The van der Waals surface area contributed by atoms with Gasteiger partial charge in [-0.3, -0.25) is 0 Å². The van der Waals surface area contributed by atoms with Crippen LogP contribution in [0.1, 0.15) is 29.9 Å². The predicted molar refractivity (Wildman–Crippen MR) is 83.2 cm³/mol. The number of benzene rings is 1. The minimum atomic E-state index is -3.35. The number of rotatable bonds is 5. The molecule has 1 fully saturated rings. The molecule has 1 aliphatic heterocycles. The van der Waals surface area contributed by atoms with Crippen LogP contribution in [0.3, 0.4) is 0 Å². The van der Waals surface area contributed by atoms with E-state index in [0.29, 0.717) is 38.0 Å². The second-order valence-corrected chi connectivity index (χ2v) is 7.79. The molecule has 2 aliphatic rings. The van der Waals surface area contributed by atoms with Crippen LogP contribution in [-0.2, 0) is 16.6 Å². The van der Waals surface area contributed by atoms with Crippen LogP contribution in [0.2, 0.25) is 0 Å². The van der Waals surface area contributed by atoms with Crippen molar-refractivity contribution in [2.75, 3.05) is 26.2 Å². The standard InChI is InChI=1S/C15H23N3O2S/c16-10-12-5-7-18(8-6-12)21(19,20)17-11-14-9-13-3-1-2-4-15(13)14/h1-4,12,14,17H,5-11,16H2. The molecule has 1 aromatic carbocycles. The van der Waals surface area contributed by atoms with E-state index in [0.717, 1.165) is 19.3 Å². The molecule has 1 heterocycles. The van der Waals surface area contributed by atoms with E-state index in [2.05, 4.69) is 16.9 Å². The molecule has 5 nitrogen and oxygen atoms in total. The Bertz CT molecular complexity index is 595. The van der Waals surface area contributed by atoms with Crippen molar-refractivity contribution >= 4 is 10.2 Å². The van der Waals surface area contributed by atoms with Crippen LogP contribution in [0.5, 0.6) is 0 Å².